The average Bonchev–Trinajstić information content (AvgIpc) is 2.68. The number of pyridine rings is 1. The van der Waals surface area contributed by atoms with Crippen LogP contribution in [0.4, 0.5) is 5.95 Å². The third-order valence-electron chi connectivity index (χ3n) is 4.38. The highest BCUT2D eigenvalue weighted by Gasteiger charge is 2.13. The molecule has 2 aromatic heterocycles. The number of aromatic nitrogens is 3. The van der Waals surface area contributed by atoms with Crippen LogP contribution in [0.2, 0.25) is 0 Å². The first-order chi connectivity index (χ1) is 13.3. The Morgan fingerprint density at radius 1 is 0.964 bits per heavy atom. The second-order valence-electron chi connectivity index (χ2n) is 6.36. The second kappa shape index (κ2) is 6.58. The molecule has 2 heterocycles. The number of fused-ring (bicyclic) bond motifs is 1. The minimum atomic E-state index is -3.39. The molecule has 4 aromatic rings. The molecule has 0 amide bonds. The number of rotatable bonds is 3. The lowest BCUT2D eigenvalue weighted by molar-refractivity contribution is 0.601. The summed E-state index contributed by atoms with van der Waals surface area (Å²) in [6, 6.07) is 15.7. The van der Waals surface area contributed by atoms with Gasteiger partial charge in [-0.15, -0.1) is 0 Å². The average molecular weight is 392 g/mol. The van der Waals surface area contributed by atoms with E-state index in [2.05, 4.69) is 9.97 Å². The van der Waals surface area contributed by atoms with E-state index >= 15 is 0 Å². The molecule has 140 valence electrons. The van der Waals surface area contributed by atoms with Crippen molar-refractivity contribution < 1.29 is 8.42 Å². The summed E-state index contributed by atoms with van der Waals surface area (Å²) >= 11 is 0. The molecule has 0 unspecified atom stereocenters. The fourth-order valence-electron chi connectivity index (χ4n) is 2.99. The SMILES string of the molecule is CS(=O)(=O)c1cncc(-c2ccc3nc(N)n(-c4ccccc4)c(=O)c3c2)c1. The summed E-state index contributed by atoms with van der Waals surface area (Å²) in [6.45, 7) is 0. The zero-order valence-corrected chi connectivity index (χ0v) is 15.7. The molecular weight excluding hydrogens is 376 g/mol. The van der Waals surface area contributed by atoms with Gasteiger partial charge in [0.1, 0.15) is 0 Å². The maximum Gasteiger partial charge on any atom is 0.267 e. The van der Waals surface area contributed by atoms with Crippen molar-refractivity contribution in [3.8, 4) is 16.8 Å². The summed E-state index contributed by atoms with van der Waals surface area (Å²) in [5.74, 6) is 0.0946. The van der Waals surface area contributed by atoms with Crippen molar-refractivity contribution in [3.05, 3.63) is 77.3 Å². The highest BCUT2D eigenvalue weighted by atomic mass is 32.2. The maximum atomic E-state index is 13.1. The molecule has 0 spiro atoms. The van der Waals surface area contributed by atoms with Gasteiger partial charge in [0, 0.05) is 24.2 Å². The molecule has 28 heavy (non-hydrogen) atoms. The van der Waals surface area contributed by atoms with Gasteiger partial charge in [-0.3, -0.25) is 9.78 Å². The first-order valence-corrected chi connectivity index (χ1v) is 10.3. The van der Waals surface area contributed by atoms with E-state index in [9.17, 15) is 13.2 Å². The first kappa shape index (κ1) is 17.9. The van der Waals surface area contributed by atoms with Crippen LogP contribution in [-0.2, 0) is 9.84 Å². The van der Waals surface area contributed by atoms with Gasteiger partial charge < -0.3 is 5.73 Å². The third-order valence-corrected chi connectivity index (χ3v) is 5.46. The van der Waals surface area contributed by atoms with E-state index in [1.165, 1.54) is 16.8 Å². The Morgan fingerprint density at radius 2 is 1.71 bits per heavy atom. The molecule has 4 rings (SSSR count). The molecule has 2 aromatic carbocycles. The van der Waals surface area contributed by atoms with Crippen LogP contribution < -0.4 is 11.3 Å². The number of benzene rings is 2. The summed E-state index contributed by atoms with van der Waals surface area (Å²) in [5, 5.41) is 0.375. The molecule has 2 N–H and O–H groups in total. The predicted octanol–water partition coefficient (Wildman–Crippen LogP) is 2.43. The van der Waals surface area contributed by atoms with Crippen LogP contribution in [0.5, 0.6) is 0 Å². The van der Waals surface area contributed by atoms with E-state index in [-0.39, 0.29) is 16.4 Å². The Bertz CT molecular complexity index is 1360. The van der Waals surface area contributed by atoms with E-state index in [0.29, 0.717) is 27.7 Å². The van der Waals surface area contributed by atoms with Gasteiger partial charge in [0.2, 0.25) is 5.95 Å². The van der Waals surface area contributed by atoms with Crippen LogP contribution in [0.15, 0.2) is 76.7 Å². The van der Waals surface area contributed by atoms with Crippen molar-refractivity contribution >= 4 is 26.7 Å². The van der Waals surface area contributed by atoms with Gasteiger partial charge in [-0.05, 0) is 35.9 Å². The van der Waals surface area contributed by atoms with E-state index in [4.69, 9.17) is 5.73 Å². The summed E-state index contributed by atoms with van der Waals surface area (Å²) < 4.78 is 25.0. The monoisotopic (exact) mass is 392 g/mol. The van der Waals surface area contributed by atoms with Gasteiger partial charge in [0.15, 0.2) is 9.84 Å². The lowest BCUT2D eigenvalue weighted by Crippen LogP contribution is -2.23. The van der Waals surface area contributed by atoms with Crippen molar-refractivity contribution in [1.82, 2.24) is 14.5 Å². The number of hydrogen-bond acceptors (Lipinski definition) is 6. The summed E-state index contributed by atoms with van der Waals surface area (Å²) in [7, 11) is -3.39. The topological polar surface area (TPSA) is 108 Å². The van der Waals surface area contributed by atoms with Crippen LogP contribution in [0.1, 0.15) is 0 Å². The van der Waals surface area contributed by atoms with Crippen molar-refractivity contribution in [1.29, 1.82) is 0 Å². The zero-order chi connectivity index (χ0) is 19.9. The number of sulfone groups is 1. The lowest BCUT2D eigenvalue weighted by Gasteiger charge is -2.11. The van der Waals surface area contributed by atoms with Crippen LogP contribution >= 0.6 is 0 Å². The number of nitrogens with zero attached hydrogens (tertiary/aromatic N) is 3. The smallest absolute Gasteiger partial charge is 0.267 e. The van der Waals surface area contributed by atoms with Gasteiger partial charge in [0.25, 0.3) is 5.56 Å². The molecule has 7 nitrogen and oxygen atoms in total. The highest BCUT2D eigenvalue weighted by Crippen LogP contribution is 2.24. The zero-order valence-electron chi connectivity index (χ0n) is 14.9. The predicted molar refractivity (Wildman–Crippen MR) is 108 cm³/mol. The number of nitrogen functional groups attached to an aromatic ring is 1. The van der Waals surface area contributed by atoms with Crippen molar-refractivity contribution in [2.24, 2.45) is 0 Å². The van der Waals surface area contributed by atoms with Crippen molar-refractivity contribution in [2.45, 2.75) is 4.90 Å². The highest BCUT2D eigenvalue weighted by molar-refractivity contribution is 7.90. The van der Waals surface area contributed by atoms with Crippen LogP contribution in [-0.4, -0.2) is 29.2 Å². The van der Waals surface area contributed by atoms with E-state index in [1.54, 1.807) is 36.5 Å². The Balaban J connectivity index is 1.94. The summed E-state index contributed by atoms with van der Waals surface area (Å²) in [4.78, 5) is 21.5. The number of anilines is 1. The molecule has 0 atom stereocenters. The Hall–Kier alpha value is -3.52. The standard InChI is InChI=1S/C20H16N4O3S/c1-28(26,27)16-9-14(11-22-12-16)13-7-8-18-17(10-13)19(25)24(20(21)23-18)15-5-3-2-4-6-15/h2-12H,1H3,(H2,21,23). The molecule has 0 radical (unpaired) electrons. The number of hydrogen-bond donors (Lipinski definition) is 1. The van der Waals surface area contributed by atoms with Gasteiger partial charge in [-0.25, -0.2) is 18.0 Å². The molecule has 0 saturated carbocycles. The van der Waals surface area contributed by atoms with Gasteiger partial charge >= 0.3 is 0 Å². The van der Waals surface area contributed by atoms with E-state index in [1.807, 2.05) is 18.2 Å². The van der Waals surface area contributed by atoms with Gasteiger partial charge in [0.05, 0.1) is 21.5 Å². The quantitative estimate of drug-likeness (QED) is 0.574. The third kappa shape index (κ3) is 3.14. The molecule has 0 bridgehead atoms. The van der Waals surface area contributed by atoms with Crippen LogP contribution in [0.3, 0.4) is 0 Å². The fraction of sp³-hybridized carbons (Fsp3) is 0.0500. The lowest BCUT2D eigenvalue weighted by atomic mass is 10.1. The first-order valence-electron chi connectivity index (χ1n) is 8.38. The molecule has 0 aliphatic carbocycles. The Labute approximate surface area is 161 Å². The molecule has 0 aliphatic rings. The second-order valence-corrected chi connectivity index (χ2v) is 8.38. The van der Waals surface area contributed by atoms with Gasteiger partial charge in [-0.2, -0.15) is 0 Å². The minimum Gasteiger partial charge on any atom is -0.369 e. The fourth-order valence-corrected chi connectivity index (χ4v) is 3.58. The van der Waals surface area contributed by atoms with E-state index in [0.717, 1.165) is 6.26 Å². The Morgan fingerprint density at radius 3 is 2.43 bits per heavy atom. The molecule has 0 fully saturated rings. The minimum absolute atomic E-state index is 0.0946. The summed E-state index contributed by atoms with van der Waals surface area (Å²) in [5.41, 5.74) is 8.04. The molecule has 0 aliphatic heterocycles. The van der Waals surface area contributed by atoms with E-state index < -0.39 is 9.84 Å². The molecule has 0 saturated heterocycles. The molecule has 8 heteroatoms. The van der Waals surface area contributed by atoms with Crippen molar-refractivity contribution in [2.75, 3.05) is 12.0 Å². The van der Waals surface area contributed by atoms with Crippen LogP contribution in [0.25, 0.3) is 27.7 Å². The van der Waals surface area contributed by atoms with Gasteiger partial charge in [-0.1, -0.05) is 24.3 Å². The largest absolute Gasteiger partial charge is 0.369 e. The van der Waals surface area contributed by atoms with Crippen LogP contribution in [0, 0.1) is 0 Å². The number of para-hydroxylation sites is 1. The Kier molecular flexibility index (Phi) is 4.20. The molecular formula is C20H16N4O3S. The summed E-state index contributed by atoms with van der Waals surface area (Å²) in [6.07, 6.45) is 3.97. The normalized spacial score (nSPS) is 11.6. The maximum absolute atomic E-state index is 13.1. The van der Waals surface area contributed by atoms with Crippen molar-refractivity contribution in [3.63, 3.8) is 0 Å². The number of nitrogens with two attached hydrogens (primary N) is 1.